The van der Waals surface area contributed by atoms with Crippen LogP contribution in [0.1, 0.15) is 34.8 Å². The molecule has 1 heterocycles. The molecule has 0 aliphatic carbocycles. The van der Waals surface area contributed by atoms with E-state index in [1.54, 1.807) is 19.2 Å². The van der Waals surface area contributed by atoms with Gasteiger partial charge in [-0.05, 0) is 56.0 Å². The maximum absolute atomic E-state index is 13.1. The summed E-state index contributed by atoms with van der Waals surface area (Å²) in [6.07, 6.45) is 2.00. The molecule has 0 aromatic heterocycles. The molecule has 0 N–H and O–H groups in total. The number of carbonyl (C=O) groups is 1. The number of amides is 1. The monoisotopic (exact) mass is 325 g/mol. The van der Waals surface area contributed by atoms with Gasteiger partial charge >= 0.3 is 0 Å². The van der Waals surface area contributed by atoms with Crippen molar-refractivity contribution in [2.45, 2.75) is 26.7 Å². The number of aryl methyl sites for hydroxylation is 2. The Hall–Kier alpha value is -2.49. The number of ether oxygens (including phenoxy) is 2. The minimum atomic E-state index is 0.00611. The number of hydrogen-bond donors (Lipinski definition) is 0. The molecule has 1 aliphatic heterocycles. The number of fused-ring (bicyclic) bond motifs is 1. The lowest BCUT2D eigenvalue weighted by Crippen LogP contribution is -2.36. The average Bonchev–Trinajstić information content (AvgIpc) is 2.61. The van der Waals surface area contributed by atoms with Gasteiger partial charge in [0.15, 0.2) is 11.5 Å². The van der Waals surface area contributed by atoms with Crippen LogP contribution in [0, 0.1) is 6.92 Å². The summed E-state index contributed by atoms with van der Waals surface area (Å²) in [5.41, 5.74) is 4.05. The quantitative estimate of drug-likeness (QED) is 0.853. The van der Waals surface area contributed by atoms with E-state index in [4.69, 9.17) is 9.47 Å². The molecule has 0 unspecified atom stereocenters. The van der Waals surface area contributed by atoms with E-state index in [2.05, 4.69) is 25.1 Å². The molecule has 1 amide bonds. The number of carbonyl (C=O) groups excluding carboxylic acids is 1. The SMILES string of the molecule is CCOc1ccc(C(=O)N2CCCc3cccc(C)c32)cc1OC. The van der Waals surface area contributed by atoms with Gasteiger partial charge in [0.2, 0.25) is 0 Å². The number of anilines is 1. The van der Waals surface area contributed by atoms with E-state index < -0.39 is 0 Å². The minimum absolute atomic E-state index is 0.00611. The van der Waals surface area contributed by atoms with E-state index in [1.807, 2.05) is 17.9 Å². The Kier molecular flexibility index (Phi) is 4.74. The van der Waals surface area contributed by atoms with Crippen LogP contribution in [0.5, 0.6) is 11.5 Å². The number of hydrogen-bond acceptors (Lipinski definition) is 3. The average molecular weight is 325 g/mol. The maximum atomic E-state index is 13.1. The van der Waals surface area contributed by atoms with Crippen LogP contribution in [0.25, 0.3) is 0 Å². The highest BCUT2D eigenvalue weighted by Crippen LogP contribution is 2.33. The molecule has 0 bridgehead atoms. The van der Waals surface area contributed by atoms with Gasteiger partial charge in [0.1, 0.15) is 0 Å². The molecule has 0 fully saturated rings. The summed E-state index contributed by atoms with van der Waals surface area (Å²) in [7, 11) is 1.59. The predicted molar refractivity (Wildman–Crippen MR) is 95.3 cm³/mol. The van der Waals surface area contributed by atoms with Crippen LogP contribution in [0.15, 0.2) is 36.4 Å². The van der Waals surface area contributed by atoms with Crippen molar-refractivity contribution < 1.29 is 14.3 Å². The summed E-state index contributed by atoms with van der Waals surface area (Å²) in [6, 6.07) is 11.6. The number of nitrogens with zero attached hydrogens (tertiary/aromatic N) is 1. The fraction of sp³-hybridized carbons (Fsp3) is 0.350. The third-order valence-electron chi connectivity index (χ3n) is 4.37. The Morgan fingerprint density at radius 1 is 1.21 bits per heavy atom. The molecule has 126 valence electrons. The highest BCUT2D eigenvalue weighted by molar-refractivity contribution is 6.07. The molecule has 2 aromatic carbocycles. The van der Waals surface area contributed by atoms with E-state index >= 15 is 0 Å². The van der Waals surface area contributed by atoms with Gasteiger partial charge < -0.3 is 14.4 Å². The van der Waals surface area contributed by atoms with Crippen molar-refractivity contribution in [3.63, 3.8) is 0 Å². The van der Waals surface area contributed by atoms with Crippen LogP contribution in [0.2, 0.25) is 0 Å². The van der Waals surface area contributed by atoms with Crippen molar-refractivity contribution in [3.05, 3.63) is 53.1 Å². The Morgan fingerprint density at radius 2 is 2.04 bits per heavy atom. The highest BCUT2D eigenvalue weighted by Gasteiger charge is 2.25. The zero-order valence-corrected chi connectivity index (χ0v) is 14.5. The molecule has 2 aromatic rings. The Balaban J connectivity index is 1.96. The van der Waals surface area contributed by atoms with E-state index in [9.17, 15) is 4.79 Å². The first-order valence-corrected chi connectivity index (χ1v) is 8.37. The second-order valence-corrected chi connectivity index (χ2v) is 5.94. The zero-order valence-electron chi connectivity index (χ0n) is 14.5. The largest absolute Gasteiger partial charge is 0.493 e. The fourth-order valence-electron chi connectivity index (χ4n) is 3.28. The van der Waals surface area contributed by atoms with Gasteiger partial charge in [0.25, 0.3) is 5.91 Å². The molecular formula is C20H23NO3. The molecule has 0 saturated heterocycles. The smallest absolute Gasteiger partial charge is 0.258 e. The Morgan fingerprint density at radius 3 is 2.79 bits per heavy atom. The van der Waals surface area contributed by atoms with Crippen molar-refractivity contribution in [1.29, 1.82) is 0 Å². The fourth-order valence-corrected chi connectivity index (χ4v) is 3.28. The second-order valence-electron chi connectivity index (χ2n) is 5.94. The van der Waals surface area contributed by atoms with Crippen molar-refractivity contribution >= 4 is 11.6 Å². The van der Waals surface area contributed by atoms with Crippen LogP contribution in [0.4, 0.5) is 5.69 Å². The first-order valence-electron chi connectivity index (χ1n) is 8.37. The van der Waals surface area contributed by atoms with Crippen LogP contribution >= 0.6 is 0 Å². The van der Waals surface area contributed by atoms with Gasteiger partial charge in [0, 0.05) is 12.1 Å². The normalized spacial score (nSPS) is 13.4. The molecule has 4 heteroatoms. The van der Waals surface area contributed by atoms with Crippen LogP contribution in [-0.2, 0) is 6.42 Å². The van der Waals surface area contributed by atoms with Crippen molar-refractivity contribution in [2.75, 3.05) is 25.2 Å². The number of rotatable bonds is 4. The number of para-hydroxylation sites is 1. The van der Waals surface area contributed by atoms with Gasteiger partial charge in [-0.3, -0.25) is 4.79 Å². The summed E-state index contributed by atoms with van der Waals surface area (Å²) in [5, 5.41) is 0. The first kappa shape index (κ1) is 16.4. The summed E-state index contributed by atoms with van der Waals surface area (Å²) >= 11 is 0. The van der Waals surface area contributed by atoms with Crippen molar-refractivity contribution in [1.82, 2.24) is 0 Å². The van der Waals surface area contributed by atoms with E-state index in [0.717, 1.165) is 30.6 Å². The van der Waals surface area contributed by atoms with Gasteiger partial charge in [0.05, 0.1) is 19.4 Å². The molecule has 24 heavy (non-hydrogen) atoms. The van der Waals surface area contributed by atoms with Gasteiger partial charge in [-0.1, -0.05) is 18.2 Å². The zero-order chi connectivity index (χ0) is 17.1. The topological polar surface area (TPSA) is 38.8 Å². The lowest BCUT2D eigenvalue weighted by Gasteiger charge is -2.31. The molecular weight excluding hydrogens is 302 g/mol. The van der Waals surface area contributed by atoms with E-state index in [-0.39, 0.29) is 5.91 Å². The molecule has 0 radical (unpaired) electrons. The molecule has 0 saturated carbocycles. The maximum Gasteiger partial charge on any atom is 0.258 e. The highest BCUT2D eigenvalue weighted by atomic mass is 16.5. The number of methoxy groups -OCH3 is 1. The van der Waals surface area contributed by atoms with Crippen molar-refractivity contribution in [3.8, 4) is 11.5 Å². The molecule has 4 nitrogen and oxygen atoms in total. The van der Waals surface area contributed by atoms with Crippen LogP contribution in [-0.4, -0.2) is 26.2 Å². The number of benzene rings is 2. The molecule has 1 aliphatic rings. The minimum Gasteiger partial charge on any atom is -0.493 e. The summed E-state index contributed by atoms with van der Waals surface area (Å²) in [4.78, 5) is 15.0. The van der Waals surface area contributed by atoms with E-state index in [0.29, 0.717) is 23.7 Å². The first-order chi connectivity index (χ1) is 11.7. The van der Waals surface area contributed by atoms with Gasteiger partial charge in [-0.25, -0.2) is 0 Å². The van der Waals surface area contributed by atoms with Crippen LogP contribution < -0.4 is 14.4 Å². The van der Waals surface area contributed by atoms with Crippen LogP contribution in [0.3, 0.4) is 0 Å². The third-order valence-corrected chi connectivity index (χ3v) is 4.37. The molecule has 0 spiro atoms. The van der Waals surface area contributed by atoms with Gasteiger partial charge in [-0.2, -0.15) is 0 Å². The summed E-state index contributed by atoms with van der Waals surface area (Å²) < 4.78 is 10.9. The Labute approximate surface area is 143 Å². The standard InChI is InChI=1S/C20H23NO3/c1-4-24-17-11-10-16(13-18(17)23-3)20(22)21-12-6-9-15-8-5-7-14(2)19(15)21/h5,7-8,10-11,13H,4,6,9,12H2,1-3H3. The summed E-state index contributed by atoms with van der Waals surface area (Å²) in [6.45, 7) is 5.28. The summed E-state index contributed by atoms with van der Waals surface area (Å²) in [5.74, 6) is 1.25. The molecule has 3 rings (SSSR count). The van der Waals surface area contributed by atoms with Gasteiger partial charge in [-0.15, -0.1) is 0 Å². The third kappa shape index (κ3) is 2.96. The lowest BCUT2D eigenvalue weighted by molar-refractivity contribution is 0.0984. The lowest BCUT2D eigenvalue weighted by atomic mass is 9.97. The molecule has 0 atom stereocenters. The predicted octanol–water partition coefficient (Wildman–Crippen LogP) is 4.00. The second kappa shape index (κ2) is 6.95. The van der Waals surface area contributed by atoms with E-state index in [1.165, 1.54) is 5.56 Å². The van der Waals surface area contributed by atoms with Crippen molar-refractivity contribution in [2.24, 2.45) is 0 Å². The Bertz CT molecular complexity index is 755.